The summed E-state index contributed by atoms with van der Waals surface area (Å²) in [6.07, 6.45) is 3.61. The van der Waals surface area contributed by atoms with Crippen LogP contribution in [-0.2, 0) is 4.74 Å². The first kappa shape index (κ1) is 9.92. The van der Waals surface area contributed by atoms with Gasteiger partial charge in [-0.25, -0.2) is 0 Å². The van der Waals surface area contributed by atoms with E-state index in [0.29, 0.717) is 38.3 Å². The average molecular weight is 208 g/mol. The number of ether oxygens (including phenoxy) is 1. The number of aromatic nitrogens is 1. The van der Waals surface area contributed by atoms with Gasteiger partial charge in [0.1, 0.15) is 5.69 Å². The number of hydrogen-bond acceptors (Lipinski definition) is 4. The van der Waals surface area contributed by atoms with Crippen LogP contribution in [0.5, 0.6) is 0 Å². The number of hydrogen-bond donors (Lipinski definition) is 1. The van der Waals surface area contributed by atoms with Crippen LogP contribution >= 0.6 is 0 Å². The van der Waals surface area contributed by atoms with E-state index in [1.807, 2.05) is 4.90 Å². The quantitative estimate of drug-likeness (QED) is 0.696. The summed E-state index contributed by atoms with van der Waals surface area (Å²) in [5.41, 5.74) is 0.493. The van der Waals surface area contributed by atoms with Crippen molar-refractivity contribution in [2.24, 2.45) is 0 Å². The largest absolute Gasteiger partial charge is 0.378 e. The van der Waals surface area contributed by atoms with Gasteiger partial charge in [0, 0.05) is 25.5 Å². The Morgan fingerprint density at radius 1 is 1.33 bits per heavy atom. The molecule has 1 fully saturated rings. The van der Waals surface area contributed by atoms with Crippen molar-refractivity contribution in [1.82, 2.24) is 4.98 Å². The van der Waals surface area contributed by atoms with Crippen molar-refractivity contribution in [3.05, 3.63) is 28.2 Å². The second kappa shape index (κ2) is 4.27. The molecule has 0 spiro atoms. The average Bonchev–Trinajstić information content (AvgIpc) is 2.30. The molecule has 2 heterocycles. The molecule has 0 unspecified atom stereocenters. The molecule has 5 heteroatoms. The molecule has 1 saturated heterocycles. The molecule has 1 N–H and O–H groups in total. The Bertz CT molecular complexity index is 407. The maximum atomic E-state index is 11.8. The van der Waals surface area contributed by atoms with Crippen LogP contribution in [0, 0.1) is 0 Å². The molecule has 5 nitrogen and oxygen atoms in total. The van der Waals surface area contributed by atoms with Crippen LogP contribution in [0.15, 0.2) is 17.2 Å². The zero-order chi connectivity index (χ0) is 10.7. The fourth-order valence-electron chi connectivity index (χ4n) is 1.62. The minimum atomic E-state index is -0.217. The molecule has 0 amide bonds. The highest BCUT2D eigenvalue weighted by atomic mass is 16.5. The number of anilines is 1. The van der Waals surface area contributed by atoms with Crippen molar-refractivity contribution in [2.75, 3.05) is 31.2 Å². The Morgan fingerprint density at radius 3 is 2.73 bits per heavy atom. The van der Waals surface area contributed by atoms with Crippen LogP contribution < -0.4 is 10.3 Å². The number of rotatable bonds is 2. The standard InChI is InChI=1S/C10H12N2O3/c13-7-8-5-11-6-9(10(8)14)12-1-3-15-4-2-12/h5-7H,1-4H2,(H,11,14). The monoisotopic (exact) mass is 208 g/mol. The summed E-state index contributed by atoms with van der Waals surface area (Å²) < 4.78 is 5.19. The lowest BCUT2D eigenvalue weighted by molar-refractivity contribution is 0.112. The van der Waals surface area contributed by atoms with Crippen LogP contribution in [0.2, 0.25) is 0 Å². The molecule has 0 atom stereocenters. The molecule has 0 bridgehead atoms. The fourth-order valence-corrected chi connectivity index (χ4v) is 1.62. The van der Waals surface area contributed by atoms with Gasteiger partial charge in [0.05, 0.1) is 18.8 Å². The topological polar surface area (TPSA) is 62.4 Å². The molecule has 1 aliphatic heterocycles. The first-order valence-corrected chi connectivity index (χ1v) is 4.82. The van der Waals surface area contributed by atoms with Crippen molar-refractivity contribution >= 4 is 12.0 Å². The summed E-state index contributed by atoms with van der Waals surface area (Å²) >= 11 is 0. The molecule has 0 radical (unpaired) electrons. The number of pyridine rings is 1. The van der Waals surface area contributed by atoms with Gasteiger partial charge in [0.2, 0.25) is 5.43 Å². The summed E-state index contributed by atoms with van der Waals surface area (Å²) in [7, 11) is 0. The summed E-state index contributed by atoms with van der Waals surface area (Å²) in [5, 5.41) is 0. The molecule has 15 heavy (non-hydrogen) atoms. The third-order valence-corrected chi connectivity index (χ3v) is 2.43. The van der Waals surface area contributed by atoms with Crippen molar-refractivity contribution < 1.29 is 9.53 Å². The highest BCUT2D eigenvalue weighted by molar-refractivity contribution is 5.76. The number of aldehydes is 1. The van der Waals surface area contributed by atoms with E-state index in [1.165, 1.54) is 6.20 Å². The molecule has 0 saturated carbocycles. The minimum Gasteiger partial charge on any atom is -0.378 e. The molecule has 0 aliphatic carbocycles. The fraction of sp³-hybridized carbons (Fsp3) is 0.400. The predicted octanol–water partition coefficient (Wildman–Crippen LogP) is 0.0240. The molecular formula is C10H12N2O3. The molecule has 1 aliphatic rings. The number of aromatic amines is 1. The highest BCUT2D eigenvalue weighted by Gasteiger charge is 2.15. The summed E-state index contributed by atoms with van der Waals surface area (Å²) in [4.78, 5) is 27.1. The summed E-state index contributed by atoms with van der Waals surface area (Å²) in [6, 6.07) is 0. The highest BCUT2D eigenvalue weighted by Crippen LogP contribution is 2.09. The van der Waals surface area contributed by atoms with Crippen LogP contribution in [0.25, 0.3) is 0 Å². The molecular weight excluding hydrogens is 196 g/mol. The van der Waals surface area contributed by atoms with Crippen molar-refractivity contribution in [2.45, 2.75) is 0 Å². The molecule has 80 valence electrons. The molecule has 2 rings (SSSR count). The number of carbonyl (C=O) groups excluding carboxylic acids is 1. The zero-order valence-electron chi connectivity index (χ0n) is 8.23. The normalized spacial score (nSPS) is 16.4. The number of nitrogens with one attached hydrogen (secondary N) is 1. The number of carbonyl (C=O) groups is 1. The van der Waals surface area contributed by atoms with Crippen LogP contribution in [0.3, 0.4) is 0 Å². The van der Waals surface area contributed by atoms with Gasteiger partial charge < -0.3 is 14.6 Å². The minimum absolute atomic E-state index is 0.166. The van der Waals surface area contributed by atoms with E-state index >= 15 is 0 Å². The van der Waals surface area contributed by atoms with Gasteiger partial charge in [-0.1, -0.05) is 0 Å². The van der Waals surface area contributed by atoms with E-state index in [-0.39, 0.29) is 11.0 Å². The van der Waals surface area contributed by atoms with Gasteiger partial charge in [-0.2, -0.15) is 0 Å². The van der Waals surface area contributed by atoms with E-state index in [0.717, 1.165) is 0 Å². The summed E-state index contributed by atoms with van der Waals surface area (Å²) in [5.74, 6) is 0. The van der Waals surface area contributed by atoms with E-state index in [1.54, 1.807) is 6.20 Å². The molecule has 1 aromatic rings. The third-order valence-electron chi connectivity index (χ3n) is 2.43. The Morgan fingerprint density at radius 2 is 2.07 bits per heavy atom. The van der Waals surface area contributed by atoms with Gasteiger partial charge in [0.15, 0.2) is 6.29 Å². The summed E-state index contributed by atoms with van der Waals surface area (Å²) in [6.45, 7) is 2.60. The van der Waals surface area contributed by atoms with Gasteiger partial charge in [-0.05, 0) is 0 Å². The first-order valence-electron chi connectivity index (χ1n) is 4.82. The van der Waals surface area contributed by atoms with Crippen molar-refractivity contribution in [1.29, 1.82) is 0 Å². The van der Waals surface area contributed by atoms with Crippen molar-refractivity contribution in [3.8, 4) is 0 Å². The van der Waals surface area contributed by atoms with Gasteiger partial charge in [-0.15, -0.1) is 0 Å². The van der Waals surface area contributed by atoms with Gasteiger partial charge in [-0.3, -0.25) is 9.59 Å². The number of nitrogens with zero attached hydrogens (tertiary/aromatic N) is 1. The van der Waals surface area contributed by atoms with Crippen molar-refractivity contribution in [3.63, 3.8) is 0 Å². The van der Waals surface area contributed by atoms with E-state index in [9.17, 15) is 9.59 Å². The second-order valence-electron chi connectivity index (χ2n) is 3.34. The van der Waals surface area contributed by atoms with Crippen LogP contribution in [0.1, 0.15) is 10.4 Å². The molecule has 0 aromatic carbocycles. The lowest BCUT2D eigenvalue weighted by Crippen LogP contribution is -2.39. The van der Waals surface area contributed by atoms with E-state index in [4.69, 9.17) is 4.74 Å². The SMILES string of the molecule is O=Cc1c[nH]cc(N2CCOCC2)c1=O. The zero-order valence-corrected chi connectivity index (χ0v) is 8.23. The van der Waals surface area contributed by atoms with E-state index in [2.05, 4.69) is 4.98 Å². The number of morpholine rings is 1. The molecule has 1 aromatic heterocycles. The smallest absolute Gasteiger partial charge is 0.215 e. The lowest BCUT2D eigenvalue weighted by Gasteiger charge is -2.28. The number of H-pyrrole nitrogens is 1. The lowest BCUT2D eigenvalue weighted by atomic mass is 10.2. The maximum absolute atomic E-state index is 11.8. The maximum Gasteiger partial charge on any atom is 0.215 e. The van der Waals surface area contributed by atoms with Gasteiger partial charge in [0.25, 0.3) is 0 Å². The van der Waals surface area contributed by atoms with Crippen LogP contribution in [-0.4, -0.2) is 37.6 Å². The van der Waals surface area contributed by atoms with Gasteiger partial charge >= 0.3 is 0 Å². The Kier molecular flexibility index (Phi) is 2.82. The Labute approximate surface area is 86.7 Å². The predicted molar refractivity (Wildman–Crippen MR) is 55.5 cm³/mol. The Balaban J connectivity index is 2.34. The Hall–Kier alpha value is -1.62. The third kappa shape index (κ3) is 1.92. The van der Waals surface area contributed by atoms with E-state index < -0.39 is 0 Å². The van der Waals surface area contributed by atoms with Crippen LogP contribution in [0.4, 0.5) is 5.69 Å². The first-order chi connectivity index (χ1) is 7.33. The second-order valence-corrected chi connectivity index (χ2v) is 3.34.